The van der Waals surface area contributed by atoms with Crippen molar-refractivity contribution in [3.8, 4) is 0 Å². The van der Waals surface area contributed by atoms with Gasteiger partial charge in [-0.05, 0) is 24.0 Å². The topological polar surface area (TPSA) is 20.3 Å². The van der Waals surface area contributed by atoms with E-state index in [9.17, 15) is 4.79 Å². The smallest absolute Gasteiger partial charge is 0.255 e. The number of carbonyl (C=O) groups is 1. The fourth-order valence-corrected chi connectivity index (χ4v) is 2.88. The van der Waals surface area contributed by atoms with Crippen molar-refractivity contribution in [2.24, 2.45) is 5.92 Å². The summed E-state index contributed by atoms with van der Waals surface area (Å²) in [5.41, 5.74) is 1.62. The Hall–Kier alpha value is -1.57. The van der Waals surface area contributed by atoms with Gasteiger partial charge in [-0.3, -0.25) is 4.79 Å². The zero-order chi connectivity index (χ0) is 13.3. The first-order valence-corrected chi connectivity index (χ1v) is 6.62. The van der Waals surface area contributed by atoms with E-state index in [1.165, 1.54) is 0 Å². The van der Waals surface area contributed by atoms with E-state index in [-0.39, 0.29) is 11.4 Å². The Morgan fingerprint density at radius 1 is 1.39 bits per heavy atom. The Kier molecular flexibility index (Phi) is 3.29. The SMILES string of the molecule is C=CC1(CC)c2ccccc2C(=O)N1CC(C)C. The number of benzene rings is 1. The van der Waals surface area contributed by atoms with E-state index in [1.807, 2.05) is 29.2 Å². The summed E-state index contributed by atoms with van der Waals surface area (Å²) in [6.45, 7) is 11.1. The largest absolute Gasteiger partial charge is 0.325 e. The maximum Gasteiger partial charge on any atom is 0.255 e. The van der Waals surface area contributed by atoms with Crippen molar-refractivity contribution in [3.63, 3.8) is 0 Å². The number of hydrogen-bond acceptors (Lipinski definition) is 1. The predicted octanol–water partition coefficient (Wildman–Crippen LogP) is 3.59. The summed E-state index contributed by atoms with van der Waals surface area (Å²) >= 11 is 0. The van der Waals surface area contributed by atoms with Crippen LogP contribution in [0, 0.1) is 5.92 Å². The Morgan fingerprint density at radius 2 is 2.06 bits per heavy atom. The molecule has 0 saturated carbocycles. The third kappa shape index (κ3) is 1.67. The zero-order valence-electron chi connectivity index (χ0n) is 11.4. The highest BCUT2D eigenvalue weighted by Gasteiger charge is 2.46. The molecule has 0 radical (unpaired) electrons. The van der Waals surface area contributed by atoms with E-state index >= 15 is 0 Å². The molecule has 1 aliphatic heterocycles. The highest BCUT2D eigenvalue weighted by atomic mass is 16.2. The lowest BCUT2D eigenvalue weighted by atomic mass is 9.87. The highest BCUT2D eigenvalue weighted by Crippen LogP contribution is 2.42. The quantitative estimate of drug-likeness (QED) is 0.740. The van der Waals surface area contributed by atoms with Crippen LogP contribution in [-0.2, 0) is 5.54 Å². The molecule has 1 aromatic rings. The van der Waals surface area contributed by atoms with Crippen LogP contribution in [0.3, 0.4) is 0 Å². The molecule has 2 nitrogen and oxygen atoms in total. The standard InChI is InChI=1S/C16H21NO/c1-5-16(6-2)14-10-8-7-9-13(14)15(18)17(16)11-12(3)4/h5,7-10,12H,1,6,11H2,2-4H3. The van der Waals surface area contributed by atoms with E-state index in [4.69, 9.17) is 0 Å². The second kappa shape index (κ2) is 4.60. The molecule has 0 fully saturated rings. The first-order chi connectivity index (χ1) is 8.56. The second-order valence-corrected chi connectivity index (χ2v) is 5.34. The minimum Gasteiger partial charge on any atom is -0.325 e. The number of nitrogens with zero attached hydrogens (tertiary/aromatic N) is 1. The minimum absolute atomic E-state index is 0.140. The number of amides is 1. The third-order valence-corrected chi connectivity index (χ3v) is 3.78. The maximum atomic E-state index is 12.5. The van der Waals surface area contributed by atoms with Crippen molar-refractivity contribution < 1.29 is 4.79 Å². The van der Waals surface area contributed by atoms with Crippen LogP contribution in [0.1, 0.15) is 43.1 Å². The van der Waals surface area contributed by atoms with E-state index in [1.54, 1.807) is 0 Å². The van der Waals surface area contributed by atoms with Gasteiger partial charge in [0.15, 0.2) is 0 Å². The first kappa shape index (κ1) is 12.9. The molecular weight excluding hydrogens is 222 g/mol. The van der Waals surface area contributed by atoms with Gasteiger partial charge in [0.1, 0.15) is 0 Å². The van der Waals surface area contributed by atoms with Gasteiger partial charge in [0.25, 0.3) is 5.91 Å². The molecule has 1 amide bonds. The van der Waals surface area contributed by atoms with Crippen LogP contribution in [0.25, 0.3) is 0 Å². The Morgan fingerprint density at radius 3 is 2.61 bits per heavy atom. The van der Waals surface area contributed by atoms with E-state index in [0.29, 0.717) is 5.92 Å². The van der Waals surface area contributed by atoms with Gasteiger partial charge in [-0.1, -0.05) is 45.0 Å². The summed E-state index contributed by atoms with van der Waals surface area (Å²) < 4.78 is 0. The number of carbonyl (C=O) groups excluding carboxylic acids is 1. The average molecular weight is 243 g/mol. The summed E-state index contributed by atoms with van der Waals surface area (Å²) in [6.07, 6.45) is 2.80. The number of hydrogen-bond donors (Lipinski definition) is 0. The Bertz CT molecular complexity index is 478. The molecule has 2 heteroatoms. The van der Waals surface area contributed by atoms with Crippen LogP contribution in [0.15, 0.2) is 36.9 Å². The van der Waals surface area contributed by atoms with Crippen molar-refractivity contribution in [1.82, 2.24) is 4.90 Å². The predicted molar refractivity (Wildman–Crippen MR) is 74.5 cm³/mol. The average Bonchev–Trinajstić information content (AvgIpc) is 2.60. The highest BCUT2D eigenvalue weighted by molar-refractivity contribution is 6.00. The first-order valence-electron chi connectivity index (χ1n) is 6.62. The van der Waals surface area contributed by atoms with Crippen molar-refractivity contribution in [1.29, 1.82) is 0 Å². The Balaban J connectivity index is 2.57. The lowest BCUT2D eigenvalue weighted by Crippen LogP contribution is -2.43. The molecule has 0 saturated heterocycles. The summed E-state index contributed by atoms with van der Waals surface area (Å²) in [4.78, 5) is 14.5. The molecule has 0 aromatic heterocycles. The molecule has 0 aliphatic carbocycles. The van der Waals surface area contributed by atoms with Gasteiger partial charge < -0.3 is 4.90 Å². The number of fused-ring (bicyclic) bond motifs is 1. The molecule has 2 rings (SSSR count). The van der Waals surface area contributed by atoms with Crippen molar-refractivity contribution in [2.75, 3.05) is 6.54 Å². The third-order valence-electron chi connectivity index (χ3n) is 3.78. The lowest BCUT2D eigenvalue weighted by molar-refractivity contribution is 0.0595. The molecule has 0 N–H and O–H groups in total. The molecule has 1 aliphatic rings. The molecule has 18 heavy (non-hydrogen) atoms. The number of rotatable bonds is 4. The second-order valence-electron chi connectivity index (χ2n) is 5.34. The van der Waals surface area contributed by atoms with Crippen molar-refractivity contribution >= 4 is 5.91 Å². The maximum absolute atomic E-state index is 12.5. The molecule has 1 atom stereocenters. The zero-order valence-corrected chi connectivity index (χ0v) is 11.4. The van der Waals surface area contributed by atoms with Gasteiger partial charge in [0.05, 0.1) is 5.54 Å². The van der Waals surface area contributed by atoms with Crippen LogP contribution in [0.2, 0.25) is 0 Å². The van der Waals surface area contributed by atoms with Gasteiger partial charge in [-0.15, -0.1) is 6.58 Å². The van der Waals surface area contributed by atoms with Crippen molar-refractivity contribution in [3.05, 3.63) is 48.0 Å². The lowest BCUT2D eigenvalue weighted by Gasteiger charge is -2.37. The van der Waals surface area contributed by atoms with Gasteiger partial charge in [0.2, 0.25) is 0 Å². The Labute approximate surface area is 109 Å². The van der Waals surface area contributed by atoms with E-state index in [2.05, 4.69) is 33.4 Å². The van der Waals surface area contributed by atoms with Crippen LogP contribution in [0.4, 0.5) is 0 Å². The molecule has 1 unspecified atom stereocenters. The molecule has 1 heterocycles. The van der Waals surface area contributed by atoms with Crippen LogP contribution in [-0.4, -0.2) is 17.4 Å². The van der Waals surface area contributed by atoms with Crippen LogP contribution < -0.4 is 0 Å². The van der Waals surface area contributed by atoms with Crippen molar-refractivity contribution in [2.45, 2.75) is 32.7 Å². The summed E-state index contributed by atoms with van der Waals surface area (Å²) in [7, 11) is 0. The van der Waals surface area contributed by atoms with Gasteiger partial charge in [0, 0.05) is 12.1 Å². The summed E-state index contributed by atoms with van der Waals surface area (Å²) in [5, 5.41) is 0. The molecule has 0 spiro atoms. The van der Waals surface area contributed by atoms with Crippen LogP contribution >= 0.6 is 0 Å². The molecule has 0 bridgehead atoms. The monoisotopic (exact) mass is 243 g/mol. The summed E-state index contributed by atoms with van der Waals surface area (Å²) in [6, 6.07) is 7.91. The molecule has 1 aromatic carbocycles. The van der Waals surface area contributed by atoms with Gasteiger partial charge >= 0.3 is 0 Å². The molecular formula is C16H21NO. The van der Waals surface area contributed by atoms with E-state index < -0.39 is 0 Å². The summed E-state index contributed by atoms with van der Waals surface area (Å²) in [5.74, 6) is 0.593. The fraction of sp³-hybridized carbons (Fsp3) is 0.438. The van der Waals surface area contributed by atoms with Gasteiger partial charge in [-0.25, -0.2) is 0 Å². The molecule has 96 valence electrons. The van der Waals surface area contributed by atoms with E-state index in [0.717, 1.165) is 24.1 Å². The normalized spacial score (nSPS) is 22.4. The van der Waals surface area contributed by atoms with Crippen LogP contribution in [0.5, 0.6) is 0 Å². The fourth-order valence-electron chi connectivity index (χ4n) is 2.88. The minimum atomic E-state index is -0.321. The van der Waals surface area contributed by atoms with Gasteiger partial charge in [-0.2, -0.15) is 0 Å².